The third-order valence-corrected chi connectivity index (χ3v) is 4.47. The quantitative estimate of drug-likeness (QED) is 0.725. The Morgan fingerprint density at radius 3 is 2.76 bits per heavy atom. The number of anilines is 1. The molecule has 1 aromatic carbocycles. The maximum atomic E-state index is 5.51. The Hall–Kier alpha value is -2.89. The topological polar surface area (TPSA) is 64.3 Å². The summed E-state index contributed by atoms with van der Waals surface area (Å²) in [6.07, 6.45) is 4.76. The molecule has 0 bridgehead atoms. The van der Waals surface area contributed by atoms with Crippen LogP contribution in [0.15, 0.2) is 41.2 Å². The summed E-state index contributed by atoms with van der Waals surface area (Å²) >= 11 is 0. The molecule has 3 aromatic rings. The lowest BCUT2D eigenvalue weighted by Gasteiger charge is -2.27. The first-order valence-corrected chi connectivity index (χ1v) is 8.50. The van der Waals surface area contributed by atoms with Crippen LogP contribution in [0.3, 0.4) is 0 Å². The first-order valence-electron chi connectivity index (χ1n) is 8.50. The Morgan fingerprint density at radius 2 is 2.04 bits per heavy atom. The highest BCUT2D eigenvalue weighted by Gasteiger charge is 2.20. The minimum absolute atomic E-state index is 0.545. The normalized spacial score (nSPS) is 14.6. The molecule has 0 radical (unpaired) electrons. The first-order chi connectivity index (χ1) is 12.3. The molecule has 25 heavy (non-hydrogen) atoms. The molecule has 1 aliphatic rings. The Labute approximate surface area is 146 Å². The van der Waals surface area contributed by atoms with Crippen molar-refractivity contribution < 1.29 is 9.26 Å². The molecule has 6 heteroatoms. The summed E-state index contributed by atoms with van der Waals surface area (Å²) in [4.78, 5) is 10.9. The van der Waals surface area contributed by atoms with Gasteiger partial charge in [-0.1, -0.05) is 23.4 Å². The molecule has 2 aromatic heterocycles. The molecule has 6 nitrogen and oxygen atoms in total. The van der Waals surface area contributed by atoms with Gasteiger partial charge >= 0.3 is 0 Å². The van der Waals surface area contributed by atoms with Crippen LogP contribution in [0, 0.1) is 6.92 Å². The van der Waals surface area contributed by atoms with E-state index in [2.05, 4.69) is 38.2 Å². The van der Waals surface area contributed by atoms with Crippen molar-refractivity contribution in [2.75, 3.05) is 24.6 Å². The molecule has 0 spiro atoms. The molecule has 0 saturated carbocycles. The van der Waals surface area contributed by atoms with E-state index in [0.717, 1.165) is 42.2 Å². The minimum atomic E-state index is 0.545. The van der Waals surface area contributed by atoms with Gasteiger partial charge in [-0.25, -0.2) is 4.98 Å². The van der Waals surface area contributed by atoms with Crippen LogP contribution in [0.2, 0.25) is 0 Å². The van der Waals surface area contributed by atoms with Crippen LogP contribution in [-0.2, 0) is 0 Å². The van der Waals surface area contributed by atoms with Gasteiger partial charge in [0.2, 0.25) is 0 Å². The van der Waals surface area contributed by atoms with Gasteiger partial charge < -0.3 is 14.2 Å². The van der Waals surface area contributed by atoms with Gasteiger partial charge in [0, 0.05) is 13.1 Å². The van der Waals surface area contributed by atoms with Gasteiger partial charge in [-0.05, 0) is 43.5 Å². The number of benzene rings is 1. The second kappa shape index (κ2) is 6.55. The van der Waals surface area contributed by atoms with E-state index in [9.17, 15) is 0 Å². The van der Waals surface area contributed by atoms with Gasteiger partial charge in [0.1, 0.15) is 23.3 Å². The molecule has 0 unspecified atom stereocenters. The minimum Gasteiger partial charge on any atom is -0.494 e. The largest absolute Gasteiger partial charge is 0.494 e. The highest BCUT2D eigenvalue weighted by atomic mass is 16.5. The van der Waals surface area contributed by atoms with Crippen molar-refractivity contribution in [2.45, 2.75) is 20.3 Å². The predicted octanol–water partition coefficient (Wildman–Crippen LogP) is 3.62. The second-order valence-corrected chi connectivity index (χ2v) is 6.03. The van der Waals surface area contributed by atoms with Crippen molar-refractivity contribution in [3.05, 3.63) is 47.9 Å². The highest BCUT2D eigenvalue weighted by Crippen LogP contribution is 2.30. The number of aromatic nitrogens is 3. The lowest BCUT2D eigenvalue weighted by molar-refractivity contribution is 0.340. The second-order valence-electron chi connectivity index (χ2n) is 6.03. The molecular weight excluding hydrogens is 316 g/mol. The summed E-state index contributed by atoms with van der Waals surface area (Å²) in [5, 5.41) is 4.91. The molecule has 0 N–H and O–H groups in total. The van der Waals surface area contributed by atoms with Crippen LogP contribution in [0.5, 0.6) is 5.75 Å². The molecule has 3 heterocycles. The fraction of sp³-hybridized carbons (Fsp3) is 0.316. The maximum absolute atomic E-state index is 5.51. The molecule has 0 atom stereocenters. The van der Waals surface area contributed by atoms with E-state index >= 15 is 0 Å². The van der Waals surface area contributed by atoms with E-state index in [-0.39, 0.29) is 0 Å². The number of ether oxygens (including phenoxy) is 1. The lowest BCUT2D eigenvalue weighted by atomic mass is 9.99. The summed E-state index contributed by atoms with van der Waals surface area (Å²) in [5.74, 6) is 1.81. The van der Waals surface area contributed by atoms with Gasteiger partial charge in [-0.3, -0.25) is 0 Å². The Balaban J connectivity index is 1.56. The van der Waals surface area contributed by atoms with Crippen LogP contribution in [0.1, 0.15) is 24.6 Å². The summed E-state index contributed by atoms with van der Waals surface area (Å²) in [7, 11) is 0. The molecular formula is C19H20N4O2. The van der Waals surface area contributed by atoms with Crippen molar-refractivity contribution in [3.8, 4) is 5.75 Å². The lowest BCUT2D eigenvalue weighted by Crippen LogP contribution is -2.29. The maximum Gasteiger partial charge on any atom is 0.263 e. The average molecular weight is 336 g/mol. The summed E-state index contributed by atoms with van der Waals surface area (Å²) in [5.41, 5.74) is 3.97. The number of nitrogens with zero attached hydrogens (tertiary/aromatic N) is 4. The fourth-order valence-electron chi connectivity index (χ4n) is 3.20. The number of rotatable bonds is 4. The Morgan fingerprint density at radius 1 is 1.20 bits per heavy atom. The zero-order chi connectivity index (χ0) is 17.2. The number of hydrogen-bond acceptors (Lipinski definition) is 6. The SMILES string of the molecule is CCOc1ccc(C2=CCN(c3ncnc4onc(C)c34)CC2)cc1. The molecule has 0 saturated heterocycles. The van der Waals surface area contributed by atoms with Crippen LogP contribution in [0.4, 0.5) is 5.82 Å². The number of hydrogen-bond donors (Lipinski definition) is 0. The van der Waals surface area contributed by atoms with Gasteiger partial charge in [0.05, 0.1) is 12.3 Å². The summed E-state index contributed by atoms with van der Waals surface area (Å²) < 4.78 is 10.8. The Kier molecular flexibility index (Phi) is 4.09. The number of fused-ring (bicyclic) bond motifs is 1. The van der Waals surface area contributed by atoms with E-state index in [1.165, 1.54) is 17.5 Å². The van der Waals surface area contributed by atoms with Crippen LogP contribution >= 0.6 is 0 Å². The van der Waals surface area contributed by atoms with E-state index in [1.807, 2.05) is 26.0 Å². The summed E-state index contributed by atoms with van der Waals surface area (Å²) in [6.45, 7) is 6.30. The molecule has 128 valence electrons. The third-order valence-electron chi connectivity index (χ3n) is 4.47. The van der Waals surface area contributed by atoms with Gasteiger partial charge in [-0.2, -0.15) is 4.98 Å². The number of aryl methyl sites for hydroxylation is 1. The fourth-order valence-corrected chi connectivity index (χ4v) is 3.20. The monoisotopic (exact) mass is 336 g/mol. The van der Waals surface area contributed by atoms with E-state index < -0.39 is 0 Å². The zero-order valence-corrected chi connectivity index (χ0v) is 14.4. The zero-order valence-electron chi connectivity index (χ0n) is 14.4. The van der Waals surface area contributed by atoms with E-state index in [4.69, 9.17) is 9.26 Å². The van der Waals surface area contributed by atoms with Gasteiger partial charge in [0.15, 0.2) is 0 Å². The Bertz CT molecular complexity index is 915. The van der Waals surface area contributed by atoms with Crippen molar-refractivity contribution in [1.82, 2.24) is 15.1 Å². The van der Waals surface area contributed by atoms with Crippen molar-refractivity contribution in [3.63, 3.8) is 0 Å². The molecule has 0 aliphatic carbocycles. The first kappa shape index (κ1) is 15.6. The van der Waals surface area contributed by atoms with Crippen LogP contribution in [-0.4, -0.2) is 34.8 Å². The van der Waals surface area contributed by atoms with Crippen molar-refractivity contribution in [2.24, 2.45) is 0 Å². The predicted molar refractivity (Wildman–Crippen MR) is 96.8 cm³/mol. The van der Waals surface area contributed by atoms with Gasteiger partial charge in [-0.15, -0.1) is 0 Å². The third kappa shape index (κ3) is 2.95. The van der Waals surface area contributed by atoms with E-state index in [1.54, 1.807) is 0 Å². The van der Waals surface area contributed by atoms with Crippen molar-refractivity contribution >= 4 is 22.5 Å². The average Bonchev–Trinajstić information content (AvgIpc) is 3.04. The smallest absolute Gasteiger partial charge is 0.263 e. The molecule has 0 amide bonds. The van der Waals surface area contributed by atoms with E-state index in [0.29, 0.717) is 12.3 Å². The molecule has 1 aliphatic heterocycles. The van der Waals surface area contributed by atoms with Crippen LogP contribution in [0.25, 0.3) is 16.7 Å². The van der Waals surface area contributed by atoms with Crippen LogP contribution < -0.4 is 9.64 Å². The standard InChI is InChI=1S/C19H20N4O2/c1-3-24-16-6-4-14(5-7-16)15-8-10-23(11-9-15)18-17-13(2)22-25-19(17)21-12-20-18/h4-8,12H,3,9-11H2,1-2H3. The molecule has 4 rings (SSSR count). The van der Waals surface area contributed by atoms with Crippen molar-refractivity contribution in [1.29, 1.82) is 0 Å². The summed E-state index contributed by atoms with van der Waals surface area (Å²) in [6, 6.07) is 8.31. The highest BCUT2D eigenvalue weighted by molar-refractivity contribution is 5.88. The van der Waals surface area contributed by atoms with Gasteiger partial charge in [0.25, 0.3) is 5.71 Å². The molecule has 0 fully saturated rings.